The third kappa shape index (κ3) is 5.06. The average molecular weight is 318 g/mol. The van der Waals surface area contributed by atoms with Crippen LogP contribution in [0.15, 0.2) is 24.3 Å². The summed E-state index contributed by atoms with van der Waals surface area (Å²) in [6, 6.07) is 6.88. The molecule has 0 atom stereocenters. The molecule has 1 fully saturated rings. The van der Waals surface area contributed by atoms with Gasteiger partial charge in [0.2, 0.25) is 5.91 Å². The molecule has 5 heteroatoms. The highest BCUT2D eigenvalue weighted by molar-refractivity contribution is 5.94. The number of esters is 1. The topological polar surface area (TPSA) is 58.6 Å². The smallest absolute Gasteiger partial charge is 0.338 e. The van der Waals surface area contributed by atoms with Gasteiger partial charge in [0.05, 0.1) is 5.56 Å². The standard InChI is InChI=1S/C18H26N2O3/c1-3-20(4-2)12-13-23-18(22)15-8-10-16(11-9-15)19-17(21)14-6-5-7-14/h8-11,14H,3-7,12-13H2,1-2H3,(H,19,21). The molecule has 0 heterocycles. The predicted molar refractivity (Wildman–Crippen MR) is 90.5 cm³/mol. The molecule has 1 aliphatic rings. The van der Waals surface area contributed by atoms with Crippen molar-refractivity contribution >= 4 is 17.6 Å². The zero-order chi connectivity index (χ0) is 16.7. The van der Waals surface area contributed by atoms with Crippen LogP contribution in [0.5, 0.6) is 0 Å². The first-order chi connectivity index (χ1) is 11.1. The van der Waals surface area contributed by atoms with Crippen LogP contribution < -0.4 is 5.32 Å². The summed E-state index contributed by atoms with van der Waals surface area (Å²) in [7, 11) is 0. The van der Waals surface area contributed by atoms with Gasteiger partial charge in [-0.25, -0.2) is 4.79 Å². The van der Waals surface area contributed by atoms with Crippen LogP contribution in [0.25, 0.3) is 0 Å². The third-order valence-electron chi connectivity index (χ3n) is 4.40. The second-order valence-corrected chi connectivity index (χ2v) is 5.86. The zero-order valence-corrected chi connectivity index (χ0v) is 14.0. The number of ether oxygens (including phenoxy) is 1. The lowest BCUT2D eigenvalue weighted by molar-refractivity contribution is -0.122. The molecule has 0 bridgehead atoms. The molecular formula is C18H26N2O3. The van der Waals surface area contributed by atoms with Crippen molar-refractivity contribution in [2.75, 3.05) is 31.6 Å². The molecule has 126 valence electrons. The first-order valence-electron chi connectivity index (χ1n) is 8.44. The fourth-order valence-corrected chi connectivity index (χ4v) is 2.50. The van der Waals surface area contributed by atoms with Gasteiger partial charge in [0.15, 0.2) is 0 Å². The lowest BCUT2D eigenvalue weighted by atomic mass is 9.85. The van der Waals surface area contributed by atoms with E-state index in [1.165, 1.54) is 0 Å². The highest BCUT2D eigenvalue weighted by atomic mass is 16.5. The van der Waals surface area contributed by atoms with Gasteiger partial charge in [0.25, 0.3) is 0 Å². The molecule has 0 spiro atoms. The van der Waals surface area contributed by atoms with Gasteiger partial charge in [-0.1, -0.05) is 20.3 Å². The number of benzene rings is 1. The molecule has 0 radical (unpaired) electrons. The summed E-state index contributed by atoms with van der Waals surface area (Å²) in [5.41, 5.74) is 1.23. The molecule has 1 aliphatic carbocycles. The number of hydrogen-bond donors (Lipinski definition) is 1. The van der Waals surface area contributed by atoms with E-state index in [0.717, 1.165) is 44.6 Å². The van der Waals surface area contributed by atoms with Crippen LogP contribution in [-0.2, 0) is 9.53 Å². The van der Waals surface area contributed by atoms with E-state index >= 15 is 0 Å². The van der Waals surface area contributed by atoms with Gasteiger partial charge >= 0.3 is 5.97 Å². The molecule has 23 heavy (non-hydrogen) atoms. The zero-order valence-electron chi connectivity index (χ0n) is 14.0. The Hall–Kier alpha value is -1.88. The van der Waals surface area contributed by atoms with Crippen molar-refractivity contribution in [2.45, 2.75) is 33.1 Å². The number of nitrogens with one attached hydrogen (secondary N) is 1. The number of anilines is 1. The number of nitrogens with zero attached hydrogens (tertiary/aromatic N) is 1. The quantitative estimate of drug-likeness (QED) is 0.749. The number of carbonyl (C=O) groups excluding carboxylic acids is 2. The van der Waals surface area contributed by atoms with Gasteiger partial charge < -0.3 is 15.0 Å². The van der Waals surface area contributed by atoms with E-state index in [4.69, 9.17) is 4.74 Å². The van der Waals surface area contributed by atoms with Crippen molar-refractivity contribution in [3.8, 4) is 0 Å². The van der Waals surface area contributed by atoms with E-state index in [9.17, 15) is 9.59 Å². The Kier molecular flexibility index (Phi) is 6.59. The summed E-state index contributed by atoms with van der Waals surface area (Å²) in [5.74, 6) is -0.0976. The minimum absolute atomic E-state index is 0.0748. The van der Waals surface area contributed by atoms with E-state index in [-0.39, 0.29) is 17.8 Å². The van der Waals surface area contributed by atoms with Gasteiger partial charge in [-0.2, -0.15) is 0 Å². The molecule has 1 amide bonds. The van der Waals surface area contributed by atoms with Gasteiger partial charge in [0.1, 0.15) is 6.61 Å². The van der Waals surface area contributed by atoms with Crippen molar-refractivity contribution < 1.29 is 14.3 Å². The molecule has 0 aliphatic heterocycles. The fraction of sp³-hybridized carbons (Fsp3) is 0.556. The van der Waals surface area contributed by atoms with E-state index in [1.807, 2.05) is 0 Å². The molecule has 0 saturated heterocycles. The van der Waals surface area contributed by atoms with Gasteiger partial charge in [-0.15, -0.1) is 0 Å². The largest absolute Gasteiger partial charge is 0.461 e. The Morgan fingerprint density at radius 3 is 2.35 bits per heavy atom. The summed E-state index contributed by atoms with van der Waals surface area (Å²) in [5, 5.41) is 2.89. The van der Waals surface area contributed by atoms with Gasteiger partial charge in [-0.3, -0.25) is 4.79 Å². The summed E-state index contributed by atoms with van der Waals surface area (Å²) >= 11 is 0. The monoisotopic (exact) mass is 318 g/mol. The number of likely N-dealkylation sites (N-methyl/N-ethyl adjacent to an activating group) is 1. The van der Waals surface area contributed by atoms with Crippen LogP contribution in [-0.4, -0.2) is 43.0 Å². The molecule has 1 N–H and O–H groups in total. The highest BCUT2D eigenvalue weighted by Gasteiger charge is 2.25. The second-order valence-electron chi connectivity index (χ2n) is 5.86. The number of rotatable bonds is 8. The Bertz CT molecular complexity index is 520. The van der Waals surface area contributed by atoms with Gasteiger partial charge in [-0.05, 0) is 50.2 Å². The van der Waals surface area contributed by atoms with E-state index in [1.54, 1.807) is 24.3 Å². The van der Waals surface area contributed by atoms with Crippen molar-refractivity contribution in [3.63, 3.8) is 0 Å². The summed E-state index contributed by atoms with van der Waals surface area (Å²) in [6.45, 7) is 7.20. The summed E-state index contributed by atoms with van der Waals surface area (Å²) in [6.07, 6.45) is 3.09. The van der Waals surface area contributed by atoms with Crippen LogP contribution in [0.1, 0.15) is 43.5 Å². The number of hydrogen-bond acceptors (Lipinski definition) is 4. The molecule has 0 aromatic heterocycles. The van der Waals surface area contributed by atoms with Crippen molar-refractivity contribution in [2.24, 2.45) is 5.92 Å². The number of carbonyl (C=O) groups is 2. The minimum atomic E-state index is -0.325. The highest BCUT2D eigenvalue weighted by Crippen LogP contribution is 2.27. The first-order valence-corrected chi connectivity index (χ1v) is 8.44. The van der Waals surface area contributed by atoms with E-state index < -0.39 is 0 Å². The Balaban J connectivity index is 1.79. The van der Waals surface area contributed by atoms with Crippen molar-refractivity contribution in [3.05, 3.63) is 29.8 Å². The number of amides is 1. The van der Waals surface area contributed by atoms with Crippen LogP contribution >= 0.6 is 0 Å². The average Bonchev–Trinajstić information content (AvgIpc) is 2.50. The maximum Gasteiger partial charge on any atom is 0.338 e. The van der Waals surface area contributed by atoms with Crippen molar-refractivity contribution in [1.82, 2.24) is 4.90 Å². The maximum absolute atomic E-state index is 12.0. The Morgan fingerprint density at radius 2 is 1.83 bits per heavy atom. The lowest BCUT2D eigenvalue weighted by Crippen LogP contribution is -2.28. The van der Waals surface area contributed by atoms with Crippen LogP contribution in [0.2, 0.25) is 0 Å². The SMILES string of the molecule is CCN(CC)CCOC(=O)c1ccc(NC(=O)C2CCC2)cc1. The van der Waals surface area contributed by atoms with Gasteiger partial charge in [0, 0.05) is 18.2 Å². The molecule has 0 unspecified atom stereocenters. The maximum atomic E-state index is 12.0. The van der Waals surface area contributed by atoms with E-state index in [0.29, 0.717) is 12.2 Å². The summed E-state index contributed by atoms with van der Waals surface area (Å²) < 4.78 is 5.28. The molecular weight excluding hydrogens is 292 g/mol. The second kappa shape index (κ2) is 8.67. The summed E-state index contributed by atoms with van der Waals surface area (Å²) in [4.78, 5) is 26.0. The molecule has 5 nitrogen and oxygen atoms in total. The minimum Gasteiger partial charge on any atom is -0.461 e. The molecule has 2 rings (SSSR count). The van der Waals surface area contributed by atoms with Crippen molar-refractivity contribution in [1.29, 1.82) is 0 Å². The third-order valence-corrected chi connectivity index (χ3v) is 4.40. The molecule has 1 aromatic rings. The fourth-order valence-electron chi connectivity index (χ4n) is 2.50. The van der Waals surface area contributed by atoms with Crippen LogP contribution in [0, 0.1) is 5.92 Å². The normalized spacial score (nSPS) is 14.4. The Labute approximate surface area is 138 Å². The van der Waals surface area contributed by atoms with E-state index in [2.05, 4.69) is 24.1 Å². The predicted octanol–water partition coefficient (Wildman–Crippen LogP) is 2.92. The molecule has 1 aromatic carbocycles. The van der Waals surface area contributed by atoms with Crippen LogP contribution in [0.3, 0.4) is 0 Å². The molecule has 1 saturated carbocycles. The first kappa shape index (κ1) is 17.5. The van der Waals surface area contributed by atoms with Crippen LogP contribution in [0.4, 0.5) is 5.69 Å². The lowest BCUT2D eigenvalue weighted by Gasteiger charge is -2.24. The Morgan fingerprint density at radius 1 is 1.17 bits per heavy atom.